The average Bonchev–Trinajstić information content (AvgIpc) is 2.39. The second-order valence-electron chi connectivity index (χ2n) is 5.19. The first kappa shape index (κ1) is 17.1. The van der Waals surface area contributed by atoms with Gasteiger partial charge in [0, 0.05) is 6.07 Å². The molecule has 0 aliphatic carbocycles. The molecule has 0 radical (unpaired) electrons. The van der Waals surface area contributed by atoms with Crippen molar-refractivity contribution in [3.63, 3.8) is 0 Å². The van der Waals surface area contributed by atoms with Gasteiger partial charge in [-0.15, -0.1) is 0 Å². The van der Waals surface area contributed by atoms with Gasteiger partial charge in [0.1, 0.15) is 17.7 Å². The highest BCUT2D eigenvalue weighted by Crippen LogP contribution is 2.11. The molecule has 1 atom stereocenters. The molecule has 21 heavy (non-hydrogen) atoms. The largest absolute Gasteiger partial charge is 0.467 e. The number of benzene rings is 1. The van der Waals surface area contributed by atoms with Crippen LogP contribution in [0.3, 0.4) is 0 Å². The van der Waals surface area contributed by atoms with Gasteiger partial charge in [-0.05, 0) is 24.0 Å². The van der Waals surface area contributed by atoms with E-state index in [2.05, 4.69) is 10.1 Å². The normalized spacial score (nSPS) is 12.1. The zero-order valence-corrected chi connectivity index (χ0v) is 12.3. The van der Waals surface area contributed by atoms with Crippen molar-refractivity contribution in [2.24, 2.45) is 5.92 Å². The third kappa shape index (κ3) is 5.49. The molecular weight excluding hydrogens is 280 g/mol. The van der Waals surface area contributed by atoms with E-state index in [-0.39, 0.29) is 17.9 Å². The lowest BCUT2D eigenvalue weighted by Gasteiger charge is -2.18. The van der Waals surface area contributed by atoms with Crippen molar-refractivity contribution < 1.29 is 23.1 Å². The van der Waals surface area contributed by atoms with Crippen LogP contribution in [0, 0.1) is 17.6 Å². The predicted molar refractivity (Wildman–Crippen MR) is 73.5 cm³/mol. The fraction of sp³-hybridized carbons (Fsp3) is 0.467. The molecule has 0 saturated heterocycles. The summed E-state index contributed by atoms with van der Waals surface area (Å²) in [5, 5.41) is 2.52. The van der Waals surface area contributed by atoms with E-state index in [0.29, 0.717) is 12.5 Å². The van der Waals surface area contributed by atoms with Crippen LogP contribution in [-0.2, 0) is 20.7 Å². The molecule has 0 saturated carbocycles. The Bertz CT molecular complexity index is 518. The molecule has 0 fully saturated rings. The molecule has 1 aromatic rings. The fourth-order valence-electron chi connectivity index (χ4n) is 1.91. The molecule has 1 rings (SSSR count). The van der Waals surface area contributed by atoms with Crippen molar-refractivity contribution >= 4 is 11.9 Å². The third-order valence-corrected chi connectivity index (χ3v) is 2.89. The Kier molecular flexibility index (Phi) is 6.27. The molecule has 0 aliphatic heterocycles. The Morgan fingerprint density at radius 1 is 1.29 bits per heavy atom. The highest BCUT2D eigenvalue weighted by atomic mass is 19.1. The number of halogens is 2. The van der Waals surface area contributed by atoms with Crippen molar-refractivity contribution in [1.82, 2.24) is 5.32 Å². The highest BCUT2D eigenvalue weighted by molar-refractivity contribution is 5.85. The van der Waals surface area contributed by atoms with Crippen LogP contribution < -0.4 is 5.32 Å². The Balaban J connectivity index is 2.71. The predicted octanol–water partition coefficient (Wildman–Crippen LogP) is 2.21. The number of hydrogen-bond donors (Lipinski definition) is 1. The Labute approximate surface area is 122 Å². The molecule has 0 aromatic heterocycles. The summed E-state index contributed by atoms with van der Waals surface area (Å²) < 4.78 is 30.9. The zero-order chi connectivity index (χ0) is 16.0. The molecular formula is C15H19F2NO3. The minimum absolute atomic E-state index is 0.0714. The standard InChI is InChI=1S/C15H19F2NO3/c1-9(2)6-13(15(20)21-3)18-14(19)7-10-4-5-11(16)8-12(10)17/h4-5,8-9,13H,6-7H2,1-3H3,(H,18,19)/t13-/m0/s1. The van der Waals surface area contributed by atoms with E-state index in [4.69, 9.17) is 0 Å². The number of rotatable bonds is 6. The monoisotopic (exact) mass is 299 g/mol. The number of amides is 1. The van der Waals surface area contributed by atoms with Crippen LogP contribution in [-0.4, -0.2) is 25.0 Å². The first-order valence-electron chi connectivity index (χ1n) is 6.64. The van der Waals surface area contributed by atoms with Crippen LogP contribution >= 0.6 is 0 Å². The summed E-state index contributed by atoms with van der Waals surface area (Å²) in [6.45, 7) is 3.81. The van der Waals surface area contributed by atoms with Crippen LogP contribution in [0.1, 0.15) is 25.8 Å². The van der Waals surface area contributed by atoms with Gasteiger partial charge in [-0.1, -0.05) is 19.9 Å². The van der Waals surface area contributed by atoms with Crippen molar-refractivity contribution in [2.45, 2.75) is 32.7 Å². The first-order chi connectivity index (χ1) is 9.83. The quantitative estimate of drug-likeness (QED) is 0.819. The van der Waals surface area contributed by atoms with E-state index in [1.807, 2.05) is 13.8 Å². The van der Waals surface area contributed by atoms with Crippen molar-refractivity contribution in [1.29, 1.82) is 0 Å². The third-order valence-electron chi connectivity index (χ3n) is 2.89. The first-order valence-corrected chi connectivity index (χ1v) is 6.64. The van der Waals surface area contributed by atoms with Gasteiger partial charge in [-0.25, -0.2) is 13.6 Å². The summed E-state index contributed by atoms with van der Waals surface area (Å²) >= 11 is 0. The Morgan fingerprint density at radius 3 is 2.48 bits per heavy atom. The number of nitrogens with one attached hydrogen (secondary N) is 1. The van der Waals surface area contributed by atoms with E-state index in [1.54, 1.807) is 0 Å². The number of ether oxygens (including phenoxy) is 1. The van der Waals surface area contributed by atoms with Crippen LogP contribution in [0.15, 0.2) is 18.2 Å². The van der Waals surface area contributed by atoms with Crippen molar-refractivity contribution in [3.05, 3.63) is 35.4 Å². The molecule has 1 aromatic carbocycles. The maximum Gasteiger partial charge on any atom is 0.328 e. The molecule has 1 amide bonds. The van der Waals surface area contributed by atoms with Gasteiger partial charge in [-0.3, -0.25) is 4.79 Å². The topological polar surface area (TPSA) is 55.4 Å². The number of carbonyl (C=O) groups is 2. The summed E-state index contributed by atoms with van der Waals surface area (Å²) in [6.07, 6.45) is 0.155. The van der Waals surface area contributed by atoms with Crippen LogP contribution in [0.25, 0.3) is 0 Å². The second-order valence-corrected chi connectivity index (χ2v) is 5.19. The molecule has 0 spiro atoms. The molecule has 0 bridgehead atoms. The van der Waals surface area contributed by atoms with E-state index >= 15 is 0 Å². The van der Waals surface area contributed by atoms with E-state index in [0.717, 1.165) is 6.07 Å². The molecule has 0 unspecified atom stereocenters. The summed E-state index contributed by atoms with van der Waals surface area (Å²) in [6, 6.07) is 2.23. The average molecular weight is 299 g/mol. The van der Waals surface area contributed by atoms with Gasteiger partial charge in [0.2, 0.25) is 5.91 Å². The smallest absolute Gasteiger partial charge is 0.328 e. The van der Waals surface area contributed by atoms with Gasteiger partial charge in [0.05, 0.1) is 13.5 Å². The lowest BCUT2D eigenvalue weighted by atomic mass is 10.0. The fourth-order valence-corrected chi connectivity index (χ4v) is 1.91. The molecule has 6 heteroatoms. The minimum atomic E-state index is -0.788. The van der Waals surface area contributed by atoms with Crippen molar-refractivity contribution in [3.8, 4) is 0 Å². The maximum atomic E-state index is 13.5. The summed E-state index contributed by atoms with van der Waals surface area (Å²) in [4.78, 5) is 23.5. The SMILES string of the molecule is COC(=O)[C@H](CC(C)C)NC(=O)Cc1ccc(F)cc1F. The van der Waals surface area contributed by atoms with Crippen LogP contribution in [0.5, 0.6) is 0 Å². The van der Waals surface area contributed by atoms with Gasteiger partial charge in [0.15, 0.2) is 0 Å². The van der Waals surface area contributed by atoms with Gasteiger partial charge >= 0.3 is 5.97 Å². The number of hydrogen-bond acceptors (Lipinski definition) is 3. The van der Waals surface area contributed by atoms with E-state index in [9.17, 15) is 18.4 Å². The van der Waals surface area contributed by atoms with E-state index < -0.39 is 29.6 Å². The Morgan fingerprint density at radius 2 is 1.95 bits per heavy atom. The molecule has 1 N–H and O–H groups in total. The summed E-state index contributed by atoms with van der Waals surface area (Å²) in [5.74, 6) is -2.38. The van der Waals surface area contributed by atoms with Crippen LogP contribution in [0.2, 0.25) is 0 Å². The van der Waals surface area contributed by atoms with Gasteiger partial charge in [0.25, 0.3) is 0 Å². The van der Waals surface area contributed by atoms with Gasteiger partial charge in [-0.2, -0.15) is 0 Å². The van der Waals surface area contributed by atoms with E-state index in [1.165, 1.54) is 13.2 Å². The molecule has 0 heterocycles. The number of carbonyl (C=O) groups excluding carboxylic acids is 2. The Hall–Kier alpha value is -1.98. The maximum absolute atomic E-state index is 13.5. The van der Waals surface area contributed by atoms with Crippen LogP contribution in [0.4, 0.5) is 8.78 Å². The summed E-state index contributed by atoms with van der Waals surface area (Å²) in [7, 11) is 1.24. The van der Waals surface area contributed by atoms with Gasteiger partial charge < -0.3 is 10.1 Å². The number of methoxy groups -OCH3 is 1. The second kappa shape index (κ2) is 7.71. The lowest BCUT2D eigenvalue weighted by molar-refractivity contribution is -0.145. The lowest BCUT2D eigenvalue weighted by Crippen LogP contribution is -2.43. The zero-order valence-electron chi connectivity index (χ0n) is 12.3. The molecule has 0 aliphatic rings. The molecule has 4 nitrogen and oxygen atoms in total. The molecule has 116 valence electrons. The number of esters is 1. The highest BCUT2D eigenvalue weighted by Gasteiger charge is 2.23. The summed E-state index contributed by atoms with van der Waals surface area (Å²) in [5.41, 5.74) is 0.0714. The van der Waals surface area contributed by atoms with Crippen molar-refractivity contribution in [2.75, 3.05) is 7.11 Å². The minimum Gasteiger partial charge on any atom is -0.467 e.